The molecule has 0 radical (unpaired) electrons. The number of carbonyl (C=O) groups is 1. The van der Waals surface area contributed by atoms with Crippen LogP contribution in [0.4, 0.5) is 0 Å². The smallest absolute Gasteiger partial charge is 0.195 e. The molecule has 1 N–H and O–H groups in total. The standard InChI is InChI=1S/C16H12INO/c1-10-2-7-13-14(9-18-15(13)8-10)16(19)11-3-5-12(17)6-4-11/h2-9,18H,1H3. The third-order valence-corrected chi connectivity index (χ3v) is 3.91. The van der Waals surface area contributed by atoms with Crippen molar-refractivity contribution in [2.45, 2.75) is 6.92 Å². The van der Waals surface area contributed by atoms with Crippen molar-refractivity contribution < 1.29 is 4.79 Å². The molecule has 3 rings (SSSR count). The number of aromatic amines is 1. The van der Waals surface area contributed by atoms with Gasteiger partial charge in [0.25, 0.3) is 0 Å². The summed E-state index contributed by atoms with van der Waals surface area (Å²) in [5.41, 5.74) is 3.65. The van der Waals surface area contributed by atoms with Gasteiger partial charge in [-0.05, 0) is 65.4 Å². The first-order chi connectivity index (χ1) is 9.15. The first-order valence-electron chi connectivity index (χ1n) is 6.03. The average molecular weight is 361 g/mol. The highest BCUT2D eigenvalue weighted by Gasteiger charge is 2.13. The Bertz CT molecular complexity index is 756. The highest BCUT2D eigenvalue weighted by atomic mass is 127. The van der Waals surface area contributed by atoms with E-state index in [0.29, 0.717) is 0 Å². The van der Waals surface area contributed by atoms with E-state index in [9.17, 15) is 4.79 Å². The Morgan fingerprint density at radius 1 is 1.11 bits per heavy atom. The van der Waals surface area contributed by atoms with Gasteiger partial charge in [0.2, 0.25) is 0 Å². The molecule has 0 aliphatic carbocycles. The fraction of sp³-hybridized carbons (Fsp3) is 0.0625. The summed E-state index contributed by atoms with van der Waals surface area (Å²) >= 11 is 2.23. The largest absolute Gasteiger partial charge is 0.360 e. The van der Waals surface area contributed by atoms with Crippen LogP contribution >= 0.6 is 22.6 Å². The van der Waals surface area contributed by atoms with Gasteiger partial charge in [0, 0.05) is 31.8 Å². The zero-order valence-corrected chi connectivity index (χ0v) is 12.6. The van der Waals surface area contributed by atoms with Gasteiger partial charge in [0.1, 0.15) is 0 Å². The number of carbonyl (C=O) groups excluding carboxylic acids is 1. The molecule has 0 fully saturated rings. The lowest BCUT2D eigenvalue weighted by atomic mass is 10.0. The molecular weight excluding hydrogens is 349 g/mol. The van der Waals surface area contributed by atoms with Crippen molar-refractivity contribution in [3.8, 4) is 0 Å². The van der Waals surface area contributed by atoms with Gasteiger partial charge in [-0.15, -0.1) is 0 Å². The molecule has 0 unspecified atom stereocenters. The normalized spacial score (nSPS) is 10.8. The number of hydrogen-bond acceptors (Lipinski definition) is 1. The van der Waals surface area contributed by atoms with Crippen LogP contribution in [0.25, 0.3) is 10.9 Å². The average Bonchev–Trinajstić information content (AvgIpc) is 2.81. The van der Waals surface area contributed by atoms with Crippen molar-refractivity contribution in [2.24, 2.45) is 0 Å². The van der Waals surface area contributed by atoms with Gasteiger partial charge in [-0.3, -0.25) is 4.79 Å². The van der Waals surface area contributed by atoms with E-state index >= 15 is 0 Å². The number of halogens is 1. The molecule has 2 nitrogen and oxygen atoms in total. The van der Waals surface area contributed by atoms with Gasteiger partial charge in [-0.1, -0.05) is 12.1 Å². The highest BCUT2D eigenvalue weighted by Crippen LogP contribution is 2.22. The Balaban J connectivity index is 2.09. The summed E-state index contributed by atoms with van der Waals surface area (Å²) in [4.78, 5) is 15.7. The van der Waals surface area contributed by atoms with Gasteiger partial charge in [-0.25, -0.2) is 0 Å². The number of rotatable bonds is 2. The van der Waals surface area contributed by atoms with Crippen LogP contribution in [0.5, 0.6) is 0 Å². The molecule has 0 bridgehead atoms. The van der Waals surface area contributed by atoms with Gasteiger partial charge >= 0.3 is 0 Å². The van der Waals surface area contributed by atoms with E-state index in [0.717, 1.165) is 25.6 Å². The third kappa shape index (κ3) is 2.30. The minimum absolute atomic E-state index is 0.0616. The van der Waals surface area contributed by atoms with Crippen LogP contribution < -0.4 is 0 Å². The van der Waals surface area contributed by atoms with Crippen molar-refractivity contribution in [3.63, 3.8) is 0 Å². The van der Waals surface area contributed by atoms with Crippen molar-refractivity contribution in [3.05, 3.63) is 68.9 Å². The molecule has 0 aliphatic rings. The Labute approximate surface area is 125 Å². The van der Waals surface area contributed by atoms with Gasteiger partial charge in [0.15, 0.2) is 5.78 Å². The molecule has 1 aromatic heterocycles. The maximum Gasteiger partial charge on any atom is 0.195 e. The van der Waals surface area contributed by atoms with E-state index in [1.165, 1.54) is 5.56 Å². The van der Waals surface area contributed by atoms with Crippen molar-refractivity contribution >= 4 is 39.3 Å². The monoisotopic (exact) mass is 361 g/mol. The second-order valence-corrected chi connectivity index (χ2v) is 5.83. The molecule has 1 heterocycles. The quantitative estimate of drug-likeness (QED) is 0.536. The Morgan fingerprint density at radius 3 is 2.58 bits per heavy atom. The second-order valence-electron chi connectivity index (χ2n) is 4.59. The van der Waals surface area contributed by atoms with Crippen LogP contribution in [0.2, 0.25) is 0 Å². The molecule has 3 heteroatoms. The lowest BCUT2D eigenvalue weighted by Crippen LogP contribution is -2.00. The van der Waals surface area contributed by atoms with Crippen LogP contribution in [0.1, 0.15) is 21.5 Å². The number of benzene rings is 2. The van der Waals surface area contributed by atoms with E-state index in [1.807, 2.05) is 43.3 Å². The summed E-state index contributed by atoms with van der Waals surface area (Å²) in [5.74, 6) is 0.0616. The number of aryl methyl sites for hydroxylation is 1. The molecule has 0 atom stereocenters. The third-order valence-electron chi connectivity index (χ3n) is 3.19. The topological polar surface area (TPSA) is 32.9 Å². The maximum atomic E-state index is 12.5. The van der Waals surface area contributed by atoms with Crippen LogP contribution in [0, 0.1) is 10.5 Å². The lowest BCUT2D eigenvalue weighted by Gasteiger charge is -2.00. The predicted octanol–water partition coefficient (Wildman–Crippen LogP) is 4.31. The van der Waals surface area contributed by atoms with Crippen LogP contribution in [-0.4, -0.2) is 10.8 Å². The molecule has 19 heavy (non-hydrogen) atoms. The summed E-state index contributed by atoms with van der Waals surface area (Å²) in [6, 6.07) is 13.7. The van der Waals surface area contributed by atoms with Crippen molar-refractivity contribution in [2.75, 3.05) is 0 Å². The predicted molar refractivity (Wildman–Crippen MR) is 85.6 cm³/mol. The Morgan fingerprint density at radius 2 is 1.84 bits per heavy atom. The van der Waals surface area contributed by atoms with Gasteiger partial charge in [0.05, 0.1) is 0 Å². The molecule has 0 spiro atoms. The molecular formula is C16H12INO. The van der Waals surface area contributed by atoms with E-state index in [1.54, 1.807) is 6.20 Å². The molecule has 0 amide bonds. The maximum absolute atomic E-state index is 12.5. The Kier molecular flexibility index (Phi) is 3.14. The zero-order chi connectivity index (χ0) is 13.4. The molecule has 94 valence electrons. The highest BCUT2D eigenvalue weighted by molar-refractivity contribution is 14.1. The second kappa shape index (κ2) is 4.81. The van der Waals surface area contributed by atoms with Gasteiger partial charge < -0.3 is 4.98 Å². The number of nitrogens with one attached hydrogen (secondary N) is 1. The minimum atomic E-state index is 0.0616. The number of ketones is 1. The molecule has 2 aromatic carbocycles. The number of hydrogen-bond donors (Lipinski definition) is 1. The van der Waals surface area contributed by atoms with E-state index in [2.05, 4.69) is 33.6 Å². The first-order valence-corrected chi connectivity index (χ1v) is 7.11. The summed E-state index contributed by atoms with van der Waals surface area (Å²) < 4.78 is 1.13. The summed E-state index contributed by atoms with van der Waals surface area (Å²) in [6.45, 7) is 2.04. The van der Waals surface area contributed by atoms with Gasteiger partial charge in [-0.2, -0.15) is 0 Å². The summed E-state index contributed by atoms with van der Waals surface area (Å²) in [6.07, 6.45) is 1.80. The molecule has 0 aliphatic heterocycles. The van der Waals surface area contributed by atoms with E-state index in [4.69, 9.17) is 0 Å². The zero-order valence-electron chi connectivity index (χ0n) is 10.4. The Hall–Kier alpha value is -1.62. The fourth-order valence-electron chi connectivity index (χ4n) is 2.18. The first kappa shape index (κ1) is 12.4. The fourth-order valence-corrected chi connectivity index (χ4v) is 2.54. The van der Waals surface area contributed by atoms with E-state index in [-0.39, 0.29) is 5.78 Å². The van der Waals surface area contributed by atoms with Crippen molar-refractivity contribution in [1.82, 2.24) is 4.98 Å². The molecule has 3 aromatic rings. The van der Waals surface area contributed by atoms with Crippen LogP contribution in [0.15, 0.2) is 48.7 Å². The number of H-pyrrole nitrogens is 1. The minimum Gasteiger partial charge on any atom is -0.360 e. The summed E-state index contributed by atoms with van der Waals surface area (Å²) in [5, 5.41) is 0.981. The number of aromatic nitrogens is 1. The lowest BCUT2D eigenvalue weighted by molar-refractivity contribution is 0.104. The van der Waals surface area contributed by atoms with Crippen LogP contribution in [0.3, 0.4) is 0 Å². The van der Waals surface area contributed by atoms with Crippen LogP contribution in [-0.2, 0) is 0 Å². The van der Waals surface area contributed by atoms with Crippen molar-refractivity contribution in [1.29, 1.82) is 0 Å². The molecule has 0 saturated carbocycles. The molecule has 0 saturated heterocycles. The SMILES string of the molecule is Cc1ccc2c(C(=O)c3ccc(I)cc3)c[nH]c2c1. The van der Waals surface area contributed by atoms with E-state index < -0.39 is 0 Å². The number of fused-ring (bicyclic) bond motifs is 1. The summed E-state index contributed by atoms with van der Waals surface area (Å²) in [7, 11) is 0.